The summed E-state index contributed by atoms with van der Waals surface area (Å²) in [6.07, 6.45) is 2.07. The molecule has 0 fully saturated rings. The first kappa shape index (κ1) is 19.3. The van der Waals surface area contributed by atoms with E-state index < -0.39 is 10.8 Å². The Labute approximate surface area is 156 Å². The van der Waals surface area contributed by atoms with Gasteiger partial charge in [-0.25, -0.2) is 0 Å². The van der Waals surface area contributed by atoms with Crippen LogP contribution in [0.15, 0.2) is 48.5 Å². The largest absolute Gasteiger partial charge is 0.494 e. The number of carbonyl (C=O) groups is 1. The van der Waals surface area contributed by atoms with Gasteiger partial charge in [0, 0.05) is 23.4 Å². The fourth-order valence-corrected chi connectivity index (χ4v) is 2.25. The minimum Gasteiger partial charge on any atom is -0.494 e. The third-order valence-corrected chi connectivity index (χ3v) is 3.65. The van der Waals surface area contributed by atoms with Gasteiger partial charge in [-0.1, -0.05) is 13.3 Å². The van der Waals surface area contributed by atoms with Crippen molar-refractivity contribution in [1.82, 2.24) is 5.32 Å². The topological polar surface area (TPSA) is 93.5 Å². The Bertz CT molecular complexity index is 776. The lowest BCUT2D eigenvalue weighted by Gasteiger charge is -2.10. The smallest absolute Gasteiger partial charge is 0.269 e. The summed E-state index contributed by atoms with van der Waals surface area (Å²) in [6.45, 7) is 2.77. The summed E-state index contributed by atoms with van der Waals surface area (Å²) in [5, 5.41) is 16.2. The van der Waals surface area contributed by atoms with E-state index in [9.17, 15) is 14.9 Å². The number of nitro groups is 1. The van der Waals surface area contributed by atoms with Crippen molar-refractivity contribution in [3.05, 3.63) is 64.2 Å². The summed E-state index contributed by atoms with van der Waals surface area (Å²) in [6, 6.07) is 12.5. The number of carbonyl (C=O) groups excluding carboxylic acids is 1. The first-order chi connectivity index (χ1) is 12.5. The molecular weight excluding hydrogens is 354 g/mol. The second kappa shape index (κ2) is 9.47. The van der Waals surface area contributed by atoms with Gasteiger partial charge in [-0.2, -0.15) is 0 Å². The van der Waals surface area contributed by atoms with Gasteiger partial charge in [-0.15, -0.1) is 0 Å². The highest BCUT2D eigenvalue weighted by molar-refractivity contribution is 7.80. The van der Waals surface area contributed by atoms with Crippen LogP contribution in [0, 0.1) is 10.1 Å². The number of nitrogens with one attached hydrogen (secondary N) is 2. The van der Waals surface area contributed by atoms with Gasteiger partial charge in [0.2, 0.25) is 0 Å². The minimum absolute atomic E-state index is 0.0801. The summed E-state index contributed by atoms with van der Waals surface area (Å²) in [4.78, 5) is 22.2. The maximum atomic E-state index is 12.1. The molecule has 0 heterocycles. The van der Waals surface area contributed by atoms with E-state index in [2.05, 4.69) is 17.6 Å². The maximum Gasteiger partial charge on any atom is 0.269 e. The third kappa shape index (κ3) is 5.82. The van der Waals surface area contributed by atoms with Crippen molar-refractivity contribution >= 4 is 34.6 Å². The van der Waals surface area contributed by atoms with Crippen LogP contribution in [0.3, 0.4) is 0 Å². The predicted molar refractivity (Wildman–Crippen MR) is 104 cm³/mol. The number of thiocarbonyl (C=S) groups is 1. The molecule has 8 heteroatoms. The zero-order valence-corrected chi connectivity index (χ0v) is 15.0. The number of hydrogen-bond acceptors (Lipinski definition) is 5. The lowest BCUT2D eigenvalue weighted by Crippen LogP contribution is -2.34. The molecule has 0 spiro atoms. The number of hydrogen-bond donors (Lipinski definition) is 2. The Balaban J connectivity index is 1.87. The molecule has 26 heavy (non-hydrogen) atoms. The first-order valence-corrected chi connectivity index (χ1v) is 8.50. The molecule has 0 unspecified atom stereocenters. The summed E-state index contributed by atoms with van der Waals surface area (Å²) >= 11 is 5.12. The molecule has 0 aliphatic rings. The van der Waals surface area contributed by atoms with Crippen molar-refractivity contribution < 1.29 is 14.5 Å². The van der Waals surface area contributed by atoms with Crippen LogP contribution in [0.1, 0.15) is 30.1 Å². The van der Waals surface area contributed by atoms with E-state index in [0.717, 1.165) is 18.6 Å². The normalized spacial score (nSPS) is 10.0. The lowest BCUT2D eigenvalue weighted by molar-refractivity contribution is -0.384. The van der Waals surface area contributed by atoms with Crippen molar-refractivity contribution in [2.24, 2.45) is 0 Å². The highest BCUT2D eigenvalue weighted by Gasteiger charge is 2.11. The summed E-state index contributed by atoms with van der Waals surface area (Å²) < 4.78 is 5.58. The van der Waals surface area contributed by atoms with E-state index in [4.69, 9.17) is 17.0 Å². The Morgan fingerprint density at radius 1 is 1.15 bits per heavy atom. The van der Waals surface area contributed by atoms with Gasteiger partial charge < -0.3 is 10.1 Å². The van der Waals surface area contributed by atoms with Gasteiger partial charge in [0.15, 0.2) is 5.11 Å². The van der Waals surface area contributed by atoms with Gasteiger partial charge in [0.25, 0.3) is 11.6 Å². The quantitative estimate of drug-likeness (QED) is 0.331. The molecule has 0 bridgehead atoms. The molecule has 0 radical (unpaired) electrons. The van der Waals surface area contributed by atoms with Crippen molar-refractivity contribution in [2.75, 3.05) is 11.9 Å². The number of unbranched alkanes of at least 4 members (excludes halogenated alkanes) is 1. The fourth-order valence-electron chi connectivity index (χ4n) is 2.04. The van der Waals surface area contributed by atoms with E-state index in [1.807, 2.05) is 12.1 Å². The van der Waals surface area contributed by atoms with E-state index in [-0.39, 0.29) is 16.4 Å². The lowest BCUT2D eigenvalue weighted by atomic mass is 10.2. The average Bonchev–Trinajstić information content (AvgIpc) is 2.63. The van der Waals surface area contributed by atoms with Gasteiger partial charge in [0.1, 0.15) is 5.75 Å². The third-order valence-electron chi connectivity index (χ3n) is 3.45. The summed E-state index contributed by atoms with van der Waals surface area (Å²) in [7, 11) is 0. The van der Waals surface area contributed by atoms with E-state index >= 15 is 0 Å². The summed E-state index contributed by atoms with van der Waals surface area (Å²) in [5.74, 6) is 0.321. The highest BCUT2D eigenvalue weighted by atomic mass is 32.1. The molecule has 1 amide bonds. The van der Waals surface area contributed by atoms with Crippen LogP contribution in [0.4, 0.5) is 11.4 Å². The van der Waals surface area contributed by atoms with Crippen LogP contribution < -0.4 is 15.4 Å². The molecule has 0 atom stereocenters. The number of ether oxygens (including phenoxy) is 1. The zero-order valence-electron chi connectivity index (χ0n) is 14.2. The van der Waals surface area contributed by atoms with Crippen LogP contribution in [0.5, 0.6) is 5.75 Å². The molecule has 2 aromatic rings. The second-order valence-electron chi connectivity index (χ2n) is 5.44. The SMILES string of the molecule is CCCCOc1ccc(NC(=S)NC(=O)c2ccc([N+](=O)[O-])cc2)cc1. The van der Waals surface area contributed by atoms with Crippen LogP contribution in [-0.2, 0) is 0 Å². The number of amides is 1. The molecule has 0 saturated carbocycles. The predicted octanol–water partition coefficient (Wildman–Crippen LogP) is 3.90. The Morgan fingerprint density at radius 2 is 1.81 bits per heavy atom. The van der Waals surface area contributed by atoms with Crippen LogP contribution in [0.2, 0.25) is 0 Å². The monoisotopic (exact) mass is 373 g/mol. The van der Waals surface area contributed by atoms with Gasteiger partial charge in [-0.05, 0) is 55.0 Å². The maximum absolute atomic E-state index is 12.1. The van der Waals surface area contributed by atoms with Crippen molar-refractivity contribution in [3.63, 3.8) is 0 Å². The zero-order chi connectivity index (χ0) is 18.9. The van der Waals surface area contributed by atoms with Crippen molar-refractivity contribution in [2.45, 2.75) is 19.8 Å². The number of nitro benzene ring substituents is 1. The van der Waals surface area contributed by atoms with Gasteiger partial charge in [0.05, 0.1) is 11.5 Å². The molecule has 2 rings (SSSR count). The number of anilines is 1. The molecule has 0 aliphatic carbocycles. The molecule has 136 valence electrons. The molecule has 2 N–H and O–H groups in total. The standard InChI is InChI=1S/C18H19N3O4S/c1-2-3-12-25-16-10-6-14(7-11-16)19-18(26)20-17(22)13-4-8-15(9-5-13)21(23)24/h4-11H,2-3,12H2,1H3,(H2,19,20,22,26). The average molecular weight is 373 g/mol. The van der Waals surface area contributed by atoms with E-state index in [1.54, 1.807) is 12.1 Å². The van der Waals surface area contributed by atoms with E-state index in [0.29, 0.717) is 12.3 Å². The number of rotatable bonds is 7. The molecule has 0 aliphatic heterocycles. The number of benzene rings is 2. The first-order valence-electron chi connectivity index (χ1n) is 8.09. The Kier molecular flexibility index (Phi) is 7.04. The van der Waals surface area contributed by atoms with Crippen LogP contribution >= 0.6 is 12.2 Å². The van der Waals surface area contributed by atoms with Gasteiger partial charge >= 0.3 is 0 Å². The minimum atomic E-state index is -0.524. The molecular formula is C18H19N3O4S. The molecule has 0 aromatic heterocycles. The van der Waals surface area contributed by atoms with E-state index in [1.165, 1.54) is 24.3 Å². The fraction of sp³-hybridized carbons (Fsp3) is 0.222. The second-order valence-corrected chi connectivity index (χ2v) is 5.85. The van der Waals surface area contributed by atoms with Crippen LogP contribution in [0.25, 0.3) is 0 Å². The Morgan fingerprint density at radius 3 is 2.38 bits per heavy atom. The van der Waals surface area contributed by atoms with Gasteiger partial charge in [-0.3, -0.25) is 20.2 Å². The number of nitrogens with zero attached hydrogens (tertiary/aromatic N) is 1. The van der Waals surface area contributed by atoms with Crippen molar-refractivity contribution in [1.29, 1.82) is 0 Å². The number of non-ortho nitro benzene ring substituents is 1. The highest BCUT2D eigenvalue weighted by Crippen LogP contribution is 2.16. The molecule has 0 saturated heterocycles. The molecule has 2 aromatic carbocycles. The van der Waals surface area contributed by atoms with Crippen LogP contribution in [-0.4, -0.2) is 22.5 Å². The molecule has 7 nitrogen and oxygen atoms in total. The summed E-state index contributed by atoms with van der Waals surface area (Å²) in [5.41, 5.74) is 0.907. The Hall–Kier alpha value is -3.00. The van der Waals surface area contributed by atoms with Crippen molar-refractivity contribution in [3.8, 4) is 5.75 Å².